The molecule has 0 radical (unpaired) electrons. The normalized spacial score (nSPS) is 10.2. The first kappa shape index (κ1) is 16.5. The van der Waals surface area contributed by atoms with Gasteiger partial charge < -0.3 is 10.6 Å². The number of benzene rings is 1. The fourth-order valence-corrected chi connectivity index (χ4v) is 2.66. The molecule has 0 aliphatic rings. The molecule has 0 saturated carbocycles. The highest BCUT2D eigenvalue weighted by atomic mass is 35.5. The molecule has 0 spiro atoms. The highest BCUT2D eigenvalue weighted by molar-refractivity contribution is 7.09. The van der Waals surface area contributed by atoms with Gasteiger partial charge in [-0.1, -0.05) is 29.8 Å². The van der Waals surface area contributed by atoms with Crippen molar-refractivity contribution in [2.24, 2.45) is 0 Å². The topological polar surface area (TPSA) is 58.2 Å². The van der Waals surface area contributed by atoms with Crippen molar-refractivity contribution in [3.8, 4) is 0 Å². The zero-order valence-corrected chi connectivity index (χ0v) is 13.5. The molecular weight excluding hydrogens is 320 g/mol. The summed E-state index contributed by atoms with van der Waals surface area (Å²) in [4.78, 5) is 24.5. The van der Waals surface area contributed by atoms with Crippen molar-refractivity contribution in [3.63, 3.8) is 0 Å². The van der Waals surface area contributed by atoms with Crippen LogP contribution in [0, 0.1) is 0 Å². The fourth-order valence-electron chi connectivity index (χ4n) is 1.82. The Morgan fingerprint density at radius 1 is 1.05 bits per heavy atom. The Kier molecular flexibility index (Phi) is 6.43. The Hall–Kier alpha value is -1.85. The molecule has 2 aromatic rings. The van der Waals surface area contributed by atoms with Crippen LogP contribution in [0.1, 0.15) is 16.9 Å². The van der Waals surface area contributed by atoms with Crippen molar-refractivity contribution < 1.29 is 9.59 Å². The maximum atomic E-state index is 11.7. The van der Waals surface area contributed by atoms with E-state index in [4.69, 9.17) is 11.6 Å². The lowest BCUT2D eigenvalue weighted by molar-refractivity contribution is -0.126. The highest BCUT2D eigenvalue weighted by Gasteiger charge is 2.06. The van der Waals surface area contributed by atoms with E-state index < -0.39 is 0 Å². The zero-order chi connectivity index (χ0) is 15.8. The summed E-state index contributed by atoms with van der Waals surface area (Å²) in [7, 11) is 0. The summed E-state index contributed by atoms with van der Waals surface area (Å²) >= 11 is 7.42. The predicted octanol–water partition coefficient (Wildman–Crippen LogP) is 2.77. The van der Waals surface area contributed by atoms with Crippen molar-refractivity contribution in [3.05, 3.63) is 57.2 Å². The molecule has 0 unspecified atom stereocenters. The Morgan fingerprint density at radius 2 is 1.82 bits per heavy atom. The van der Waals surface area contributed by atoms with Gasteiger partial charge in [-0.25, -0.2) is 0 Å². The highest BCUT2D eigenvalue weighted by Crippen LogP contribution is 2.10. The predicted molar refractivity (Wildman–Crippen MR) is 88.9 cm³/mol. The molecule has 0 bridgehead atoms. The number of aryl methyl sites for hydroxylation is 1. The second-order valence-corrected chi connectivity index (χ2v) is 6.23. The summed E-state index contributed by atoms with van der Waals surface area (Å²) in [6, 6.07) is 11.2. The number of rotatable bonds is 7. The van der Waals surface area contributed by atoms with Crippen LogP contribution < -0.4 is 10.6 Å². The smallest absolute Gasteiger partial charge is 0.239 e. The number of nitrogens with one attached hydrogen (secondary N) is 2. The number of amides is 2. The van der Waals surface area contributed by atoms with Gasteiger partial charge in [0.05, 0.1) is 6.54 Å². The van der Waals surface area contributed by atoms with E-state index in [1.807, 2.05) is 29.6 Å². The van der Waals surface area contributed by atoms with Crippen LogP contribution >= 0.6 is 22.9 Å². The van der Waals surface area contributed by atoms with Gasteiger partial charge in [-0.15, -0.1) is 11.3 Å². The van der Waals surface area contributed by atoms with Crippen molar-refractivity contribution in [1.82, 2.24) is 10.6 Å². The van der Waals surface area contributed by atoms with Gasteiger partial charge in [0.2, 0.25) is 11.8 Å². The lowest BCUT2D eigenvalue weighted by atomic mass is 10.2. The van der Waals surface area contributed by atoms with Crippen molar-refractivity contribution in [2.45, 2.75) is 19.4 Å². The lowest BCUT2D eigenvalue weighted by Gasteiger charge is -2.07. The SMILES string of the molecule is O=C(CCc1cccs1)NCC(=O)NCc1ccc(Cl)cc1. The first-order chi connectivity index (χ1) is 10.6. The molecule has 2 rings (SSSR count). The van der Waals surface area contributed by atoms with E-state index in [9.17, 15) is 9.59 Å². The standard InChI is InChI=1S/C16H17ClN2O2S/c17-13-5-3-12(4-6-13)10-18-16(21)11-19-15(20)8-7-14-2-1-9-22-14/h1-6,9H,7-8,10-11H2,(H,18,21)(H,19,20). The van der Waals surface area contributed by atoms with Gasteiger partial charge in [0.1, 0.15) is 0 Å². The van der Waals surface area contributed by atoms with Gasteiger partial charge in [0, 0.05) is 22.9 Å². The zero-order valence-electron chi connectivity index (χ0n) is 12.0. The summed E-state index contributed by atoms with van der Waals surface area (Å²) in [5, 5.41) is 8.02. The van der Waals surface area contributed by atoms with Crippen molar-refractivity contribution in [1.29, 1.82) is 0 Å². The van der Waals surface area contributed by atoms with Gasteiger partial charge in [0.25, 0.3) is 0 Å². The lowest BCUT2D eigenvalue weighted by Crippen LogP contribution is -2.36. The quantitative estimate of drug-likeness (QED) is 0.816. The number of carbonyl (C=O) groups excluding carboxylic acids is 2. The minimum atomic E-state index is -0.209. The summed E-state index contributed by atoms with van der Waals surface area (Å²) in [6.45, 7) is 0.415. The second-order valence-electron chi connectivity index (χ2n) is 4.76. The molecule has 1 heterocycles. The van der Waals surface area contributed by atoms with Crippen LogP contribution in [0.3, 0.4) is 0 Å². The summed E-state index contributed by atoms with van der Waals surface area (Å²) in [5.74, 6) is -0.325. The van der Waals surface area contributed by atoms with Crippen LogP contribution in [0.5, 0.6) is 0 Å². The van der Waals surface area contributed by atoms with E-state index in [0.29, 0.717) is 24.4 Å². The molecule has 0 fully saturated rings. The Balaban J connectivity index is 1.62. The first-order valence-electron chi connectivity index (χ1n) is 6.94. The van der Waals surface area contributed by atoms with E-state index in [1.165, 1.54) is 4.88 Å². The van der Waals surface area contributed by atoms with E-state index >= 15 is 0 Å². The second kappa shape index (κ2) is 8.56. The first-order valence-corrected chi connectivity index (χ1v) is 8.19. The van der Waals surface area contributed by atoms with Crippen LogP contribution in [0.25, 0.3) is 0 Å². The third kappa shape index (κ3) is 5.87. The van der Waals surface area contributed by atoms with Crippen LogP contribution in [0.15, 0.2) is 41.8 Å². The third-order valence-electron chi connectivity index (χ3n) is 3.03. The molecule has 0 aliphatic heterocycles. The molecule has 1 aromatic carbocycles. The Labute approximate surface area is 138 Å². The van der Waals surface area contributed by atoms with Crippen LogP contribution in [0.2, 0.25) is 5.02 Å². The minimum absolute atomic E-state index is 0.00311. The van der Waals surface area contributed by atoms with E-state index in [1.54, 1.807) is 23.5 Å². The van der Waals surface area contributed by atoms with Crippen molar-refractivity contribution >= 4 is 34.8 Å². The summed E-state index contributed by atoms with van der Waals surface area (Å²) in [5.41, 5.74) is 0.960. The molecule has 6 heteroatoms. The van der Waals surface area contributed by atoms with Gasteiger partial charge in [-0.05, 0) is 35.6 Å². The molecule has 0 saturated heterocycles. The molecule has 4 nitrogen and oxygen atoms in total. The molecular formula is C16H17ClN2O2S. The molecule has 0 atom stereocenters. The Morgan fingerprint density at radius 3 is 2.50 bits per heavy atom. The largest absolute Gasteiger partial charge is 0.350 e. The molecule has 2 amide bonds. The summed E-state index contributed by atoms with van der Waals surface area (Å²) in [6.07, 6.45) is 1.10. The van der Waals surface area contributed by atoms with Crippen LogP contribution in [0.4, 0.5) is 0 Å². The number of carbonyl (C=O) groups is 2. The molecule has 1 aromatic heterocycles. The van der Waals surface area contributed by atoms with Crippen LogP contribution in [-0.4, -0.2) is 18.4 Å². The van der Waals surface area contributed by atoms with Gasteiger partial charge in [-0.3, -0.25) is 9.59 Å². The monoisotopic (exact) mass is 336 g/mol. The number of halogens is 1. The molecule has 22 heavy (non-hydrogen) atoms. The van der Waals surface area contributed by atoms with Crippen LogP contribution in [-0.2, 0) is 22.6 Å². The Bertz CT molecular complexity index is 612. The summed E-state index contributed by atoms with van der Waals surface area (Å²) < 4.78 is 0. The average molecular weight is 337 g/mol. The minimum Gasteiger partial charge on any atom is -0.350 e. The van der Waals surface area contributed by atoms with E-state index in [2.05, 4.69) is 10.6 Å². The fraction of sp³-hybridized carbons (Fsp3) is 0.250. The van der Waals surface area contributed by atoms with Gasteiger partial charge >= 0.3 is 0 Å². The van der Waals surface area contributed by atoms with E-state index in [0.717, 1.165) is 5.56 Å². The molecule has 116 valence electrons. The maximum absolute atomic E-state index is 11.7. The van der Waals surface area contributed by atoms with Crippen molar-refractivity contribution in [2.75, 3.05) is 6.54 Å². The molecule has 2 N–H and O–H groups in total. The third-order valence-corrected chi connectivity index (χ3v) is 4.22. The maximum Gasteiger partial charge on any atom is 0.239 e. The average Bonchev–Trinajstić information content (AvgIpc) is 3.04. The molecule has 0 aliphatic carbocycles. The van der Waals surface area contributed by atoms with Gasteiger partial charge in [-0.2, -0.15) is 0 Å². The number of thiophene rings is 1. The van der Waals surface area contributed by atoms with Gasteiger partial charge in [0.15, 0.2) is 0 Å². The number of hydrogen-bond donors (Lipinski definition) is 2. The van der Waals surface area contributed by atoms with E-state index in [-0.39, 0.29) is 18.4 Å². The number of hydrogen-bond acceptors (Lipinski definition) is 3.